The zero-order chi connectivity index (χ0) is 27.8. The van der Waals surface area contributed by atoms with Crippen LogP contribution in [0.1, 0.15) is 112 Å². The van der Waals surface area contributed by atoms with Crippen molar-refractivity contribution in [3.8, 4) is 11.5 Å². The Morgan fingerprint density at radius 1 is 0.868 bits per heavy atom. The van der Waals surface area contributed by atoms with Crippen LogP contribution in [0.25, 0.3) is 10.9 Å². The van der Waals surface area contributed by atoms with Gasteiger partial charge in [0.1, 0.15) is 6.61 Å². The summed E-state index contributed by atoms with van der Waals surface area (Å²) in [6, 6.07) is 5.73. The van der Waals surface area contributed by atoms with Gasteiger partial charge in [-0.15, -0.1) is 0 Å². The lowest BCUT2D eigenvalue weighted by molar-refractivity contribution is 0.271. The van der Waals surface area contributed by atoms with E-state index in [1.54, 1.807) is 0 Å². The molecule has 0 aliphatic heterocycles. The number of pyridine rings is 1. The first-order valence-corrected chi connectivity index (χ1v) is 14.9. The first-order valence-electron chi connectivity index (χ1n) is 14.9. The third-order valence-corrected chi connectivity index (χ3v) is 6.93. The van der Waals surface area contributed by atoms with Crippen molar-refractivity contribution in [1.29, 1.82) is 0 Å². The van der Waals surface area contributed by atoms with Crippen molar-refractivity contribution in [2.45, 2.75) is 118 Å². The fraction of sp³-hybridized carbons (Fsp3) is 0.606. The van der Waals surface area contributed by atoms with Crippen LogP contribution in [0.4, 0.5) is 5.69 Å². The molecule has 0 atom stereocenters. The second kappa shape index (κ2) is 17.8. The zero-order valence-corrected chi connectivity index (χ0v) is 24.7. The Hall–Kier alpha value is -2.69. The highest BCUT2D eigenvalue weighted by Crippen LogP contribution is 2.34. The molecule has 5 heteroatoms. The topological polar surface area (TPSA) is 66.5 Å². The van der Waals surface area contributed by atoms with Gasteiger partial charge in [-0.05, 0) is 70.7 Å². The van der Waals surface area contributed by atoms with Crippen LogP contribution in [-0.2, 0) is 6.54 Å². The van der Waals surface area contributed by atoms with Crippen LogP contribution in [0.3, 0.4) is 0 Å². The van der Waals surface area contributed by atoms with Gasteiger partial charge in [0.15, 0.2) is 5.75 Å². The highest BCUT2D eigenvalue weighted by molar-refractivity contribution is 5.90. The van der Waals surface area contributed by atoms with Crippen molar-refractivity contribution >= 4 is 16.6 Å². The molecule has 0 saturated heterocycles. The molecule has 0 spiro atoms. The van der Waals surface area contributed by atoms with Gasteiger partial charge in [-0.25, -0.2) is 0 Å². The molecular weight excluding hydrogens is 472 g/mol. The highest BCUT2D eigenvalue weighted by Gasteiger charge is 2.20. The van der Waals surface area contributed by atoms with Gasteiger partial charge in [-0.1, -0.05) is 82.4 Å². The van der Waals surface area contributed by atoms with Gasteiger partial charge < -0.3 is 19.8 Å². The van der Waals surface area contributed by atoms with Crippen LogP contribution in [0.5, 0.6) is 11.5 Å². The number of benzene rings is 1. The number of anilines is 1. The van der Waals surface area contributed by atoms with Crippen LogP contribution in [0.15, 0.2) is 46.3 Å². The lowest BCUT2D eigenvalue weighted by atomic mass is 10.1. The minimum Gasteiger partial charge on any atom is -0.485 e. The number of aryl methyl sites for hydroxylation is 1. The van der Waals surface area contributed by atoms with Gasteiger partial charge in [0.25, 0.3) is 5.56 Å². The monoisotopic (exact) mass is 524 g/mol. The predicted molar refractivity (Wildman–Crippen MR) is 164 cm³/mol. The summed E-state index contributed by atoms with van der Waals surface area (Å²) in [5.74, 6) is 0.871. The number of fused-ring (bicyclic) bond motifs is 1. The van der Waals surface area contributed by atoms with Gasteiger partial charge in [0.05, 0.1) is 12.1 Å². The van der Waals surface area contributed by atoms with E-state index in [1.165, 1.54) is 36.8 Å². The first kappa shape index (κ1) is 31.5. The van der Waals surface area contributed by atoms with E-state index < -0.39 is 0 Å². The van der Waals surface area contributed by atoms with E-state index in [0.717, 1.165) is 62.3 Å². The number of nitrogens with two attached hydrogens (primary N) is 1. The maximum Gasteiger partial charge on any atom is 0.297 e. The first-order chi connectivity index (χ1) is 18.4. The van der Waals surface area contributed by atoms with Crippen LogP contribution < -0.4 is 20.8 Å². The van der Waals surface area contributed by atoms with E-state index in [-0.39, 0.29) is 5.56 Å². The van der Waals surface area contributed by atoms with E-state index >= 15 is 0 Å². The quantitative estimate of drug-likeness (QED) is 0.113. The summed E-state index contributed by atoms with van der Waals surface area (Å²) < 4.78 is 14.4. The second-order valence-corrected chi connectivity index (χ2v) is 10.8. The molecule has 0 bridgehead atoms. The summed E-state index contributed by atoms with van der Waals surface area (Å²) in [5, 5.41) is 0.878. The maximum atomic E-state index is 13.8. The molecule has 0 aliphatic rings. The number of allylic oxidation sites excluding steroid dienone is 3. The molecule has 0 aliphatic carbocycles. The predicted octanol–water partition coefficient (Wildman–Crippen LogP) is 8.97. The highest BCUT2D eigenvalue weighted by atomic mass is 16.5. The minimum atomic E-state index is -0.121. The van der Waals surface area contributed by atoms with Crippen LogP contribution in [-0.4, -0.2) is 17.8 Å². The fourth-order valence-corrected chi connectivity index (χ4v) is 4.62. The van der Waals surface area contributed by atoms with E-state index in [2.05, 4.69) is 46.8 Å². The molecule has 2 N–H and O–H groups in total. The number of nitrogen functional groups attached to an aromatic ring is 1. The van der Waals surface area contributed by atoms with Crippen LogP contribution in [0.2, 0.25) is 0 Å². The molecular formula is C33H52N2O3. The summed E-state index contributed by atoms with van der Waals surface area (Å²) in [4.78, 5) is 13.8. The van der Waals surface area contributed by atoms with Crippen molar-refractivity contribution in [1.82, 2.24) is 4.57 Å². The molecule has 1 aromatic carbocycles. The van der Waals surface area contributed by atoms with E-state index in [1.807, 2.05) is 22.8 Å². The van der Waals surface area contributed by atoms with E-state index in [0.29, 0.717) is 36.9 Å². The largest absolute Gasteiger partial charge is 0.485 e. The standard InChI is InChI=1S/C33H52N2O3/c1-6-8-10-12-13-15-23-37-32-31(38-24-21-27(5)18-16-17-26(3)4)29-20-19-28(34)25-30(29)35(33(32)36)22-14-11-9-7-2/h17,19-21,25H,6-16,18,22-24,34H2,1-5H3. The summed E-state index contributed by atoms with van der Waals surface area (Å²) in [7, 11) is 0. The van der Waals surface area contributed by atoms with Crippen LogP contribution >= 0.6 is 0 Å². The van der Waals surface area contributed by atoms with Crippen molar-refractivity contribution in [2.75, 3.05) is 18.9 Å². The van der Waals surface area contributed by atoms with Gasteiger partial charge >= 0.3 is 0 Å². The maximum absolute atomic E-state index is 13.8. The molecule has 38 heavy (non-hydrogen) atoms. The van der Waals surface area contributed by atoms with Gasteiger partial charge in [-0.3, -0.25) is 4.79 Å². The van der Waals surface area contributed by atoms with E-state index in [4.69, 9.17) is 15.2 Å². The second-order valence-electron chi connectivity index (χ2n) is 10.8. The summed E-state index contributed by atoms with van der Waals surface area (Å²) in [6.07, 6.45) is 17.7. The Balaban J connectivity index is 2.33. The molecule has 0 fully saturated rings. The van der Waals surface area contributed by atoms with Gasteiger partial charge in [-0.2, -0.15) is 0 Å². The number of hydrogen-bond acceptors (Lipinski definition) is 4. The van der Waals surface area contributed by atoms with Crippen molar-refractivity contribution < 1.29 is 9.47 Å². The number of unbranched alkanes of at least 4 members (excludes halogenated alkanes) is 8. The summed E-state index contributed by atoms with van der Waals surface area (Å²) >= 11 is 0. The molecule has 1 heterocycles. The fourth-order valence-electron chi connectivity index (χ4n) is 4.62. The smallest absolute Gasteiger partial charge is 0.297 e. The molecule has 2 rings (SSSR count). The average Bonchev–Trinajstić information content (AvgIpc) is 2.88. The summed E-state index contributed by atoms with van der Waals surface area (Å²) in [5.41, 5.74) is 10.1. The Morgan fingerprint density at radius 2 is 1.55 bits per heavy atom. The van der Waals surface area contributed by atoms with Gasteiger partial charge in [0.2, 0.25) is 5.75 Å². The molecule has 0 radical (unpaired) electrons. The van der Waals surface area contributed by atoms with Gasteiger partial charge in [0, 0.05) is 17.6 Å². The molecule has 2 aromatic rings. The third kappa shape index (κ3) is 10.6. The van der Waals surface area contributed by atoms with E-state index in [9.17, 15) is 4.79 Å². The number of aromatic nitrogens is 1. The van der Waals surface area contributed by atoms with Crippen molar-refractivity contribution in [3.05, 3.63) is 51.9 Å². The number of ether oxygens (including phenoxy) is 2. The van der Waals surface area contributed by atoms with Crippen LogP contribution in [0, 0.1) is 0 Å². The minimum absolute atomic E-state index is 0.121. The molecule has 1 aromatic heterocycles. The van der Waals surface area contributed by atoms with Crippen molar-refractivity contribution in [3.63, 3.8) is 0 Å². The third-order valence-electron chi connectivity index (χ3n) is 6.93. The Kier molecular flexibility index (Phi) is 14.7. The van der Waals surface area contributed by atoms with Crippen molar-refractivity contribution in [2.24, 2.45) is 0 Å². The number of hydrogen-bond donors (Lipinski definition) is 1. The Labute approximate surface area is 231 Å². The number of nitrogens with zero attached hydrogens (tertiary/aromatic N) is 1. The molecule has 0 amide bonds. The SMILES string of the molecule is CCCCCCCCOc1c(OCC=C(C)CCC=C(C)C)c2ccc(N)cc2n(CCCCCC)c1=O. The Bertz CT molecular complexity index is 1090. The molecule has 0 saturated carbocycles. The number of rotatable bonds is 19. The normalized spacial score (nSPS) is 11.7. The Morgan fingerprint density at radius 3 is 2.26 bits per heavy atom. The average molecular weight is 525 g/mol. The summed E-state index contributed by atoms with van der Waals surface area (Å²) in [6.45, 7) is 12.4. The molecule has 0 unspecified atom stereocenters. The zero-order valence-electron chi connectivity index (χ0n) is 24.7. The molecule has 5 nitrogen and oxygen atoms in total. The lowest BCUT2D eigenvalue weighted by Gasteiger charge is -2.19. The molecule has 212 valence electrons. The lowest BCUT2D eigenvalue weighted by Crippen LogP contribution is -2.24.